The largest absolute Gasteiger partial charge is 0.493 e. The van der Waals surface area contributed by atoms with Gasteiger partial charge in [-0.3, -0.25) is 9.89 Å². The minimum absolute atomic E-state index is 0.195. The van der Waals surface area contributed by atoms with E-state index in [-0.39, 0.29) is 5.91 Å². The SMILES string of the molecule is CN1CCC(COc2ccc(C(=O)Nc3cc(-c4ccc5ccn(Cc6ccccc6)c5c4)n[nH]3)cc2)CC1. The van der Waals surface area contributed by atoms with E-state index in [4.69, 9.17) is 4.74 Å². The van der Waals surface area contributed by atoms with Crippen molar-refractivity contribution in [2.45, 2.75) is 19.4 Å². The number of amides is 1. The van der Waals surface area contributed by atoms with Crippen LogP contribution in [0.15, 0.2) is 91.1 Å². The van der Waals surface area contributed by atoms with Gasteiger partial charge in [-0.1, -0.05) is 42.5 Å². The summed E-state index contributed by atoms with van der Waals surface area (Å²) < 4.78 is 8.22. The average Bonchev–Trinajstić information content (AvgIpc) is 3.60. The predicted octanol–water partition coefficient (Wildman–Crippen LogP) is 6.05. The van der Waals surface area contributed by atoms with Gasteiger partial charge in [0.1, 0.15) is 11.6 Å². The summed E-state index contributed by atoms with van der Waals surface area (Å²) in [4.78, 5) is 15.2. The first kappa shape index (κ1) is 24.9. The second-order valence-electron chi connectivity index (χ2n) is 10.4. The monoisotopic (exact) mass is 519 g/mol. The zero-order chi connectivity index (χ0) is 26.6. The van der Waals surface area contributed by atoms with Gasteiger partial charge >= 0.3 is 0 Å². The summed E-state index contributed by atoms with van der Waals surface area (Å²) in [7, 11) is 2.16. The number of hydrogen-bond acceptors (Lipinski definition) is 4. The van der Waals surface area contributed by atoms with Crippen LogP contribution in [0.3, 0.4) is 0 Å². The summed E-state index contributed by atoms with van der Waals surface area (Å²) in [5.41, 5.74) is 4.72. The Kier molecular flexibility index (Phi) is 7.15. The Morgan fingerprint density at radius 2 is 1.79 bits per heavy atom. The Bertz CT molecular complexity index is 1550. The number of piperidine rings is 1. The van der Waals surface area contributed by atoms with Gasteiger partial charge in [0.15, 0.2) is 0 Å². The van der Waals surface area contributed by atoms with Gasteiger partial charge in [0, 0.05) is 35.5 Å². The highest BCUT2D eigenvalue weighted by Crippen LogP contribution is 2.26. The Morgan fingerprint density at radius 1 is 1.00 bits per heavy atom. The summed E-state index contributed by atoms with van der Waals surface area (Å²) >= 11 is 0. The molecule has 1 aliphatic heterocycles. The number of nitrogens with one attached hydrogen (secondary N) is 2. The molecule has 2 N–H and O–H groups in total. The van der Waals surface area contributed by atoms with Crippen molar-refractivity contribution in [1.29, 1.82) is 0 Å². The number of H-pyrrole nitrogens is 1. The van der Waals surface area contributed by atoms with Gasteiger partial charge in [-0.05, 0) is 86.2 Å². The minimum Gasteiger partial charge on any atom is -0.493 e. The molecule has 6 rings (SSSR count). The third-order valence-electron chi connectivity index (χ3n) is 7.53. The molecule has 0 bridgehead atoms. The number of nitrogens with zero attached hydrogens (tertiary/aromatic N) is 3. The van der Waals surface area contributed by atoms with E-state index in [1.54, 1.807) is 12.1 Å². The number of rotatable bonds is 8. The molecule has 1 fully saturated rings. The molecule has 0 atom stereocenters. The molecule has 3 heterocycles. The van der Waals surface area contributed by atoms with Crippen molar-refractivity contribution in [3.8, 4) is 17.0 Å². The summed E-state index contributed by atoms with van der Waals surface area (Å²) in [6.45, 7) is 3.77. The smallest absolute Gasteiger partial charge is 0.256 e. The molecular weight excluding hydrogens is 486 g/mol. The van der Waals surface area contributed by atoms with E-state index in [0.29, 0.717) is 17.3 Å². The van der Waals surface area contributed by atoms with E-state index in [0.717, 1.165) is 61.6 Å². The molecule has 0 spiro atoms. The zero-order valence-electron chi connectivity index (χ0n) is 22.1. The van der Waals surface area contributed by atoms with Crippen LogP contribution in [0.2, 0.25) is 0 Å². The summed E-state index contributed by atoms with van der Waals surface area (Å²) in [5, 5.41) is 11.5. The number of carbonyl (C=O) groups excluding carboxylic acids is 1. The molecule has 0 radical (unpaired) electrons. The van der Waals surface area contributed by atoms with Crippen LogP contribution in [-0.4, -0.2) is 52.3 Å². The van der Waals surface area contributed by atoms with E-state index in [1.807, 2.05) is 24.3 Å². The molecule has 7 heteroatoms. The van der Waals surface area contributed by atoms with Crippen LogP contribution in [0.4, 0.5) is 5.82 Å². The van der Waals surface area contributed by atoms with Crippen molar-refractivity contribution in [2.24, 2.45) is 5.92 Å². The quantitative estimate of drug-likeness (QED) is 0.262. The van der Waals surface area contributed by atoms with Gasteiger partial charge in [0.25, 0.3) is 5.91 Å². The number of likely N-dealkylation sites (tertiary alicyclic amines) is 1. The summed E-state index contributed by atoms with van der Waals surface area (Å²) in [6.07, 6.45) is 4.44. The van der Waals surface area contributed by atoms with Crippen LogP contribution >= 0.6 is 0 Å². The number of aromatic amines is 1. The Balaban J connectivity index is 1.09. The highest BCUT2D eigenvalue weighted by atomic mass is 16.5. The first-order chi connectivity index (χ1) is 19.1. The Hall–Kier alpha value is -4.36. The van der Waals surface area contributed by atoms with Gasteiger partial charge in [0.05, 0.1) is 12.3 Å². The lowest BCUT2D eigenvalue weighted by atomic mass is 9.98. The average molecular weight is 520 g/mol. The Labute approximate surface area is 228 Å². The van der Waals surface area contributed by atoms with Crippen molar-refractivity contribution in [3.63, 3.8) is 0 Å². The van der Waals surface area contributed by atoms with Crippen molar-refractivity contribution in [3.05, 3.63) is 102 Å². The third kappa shape index (κ3) is 5.89. The molecule has 5 aromatic rings. The van der Waals surface area contributed by atoms with E-state index in [2.05, 4.69) is 86.8 Å². The fraction of sp³-hybridized carbons (Fsp3) is 0.250. The molecular formula is C32H33N5O2. The molecule has 198 valence electrons. The number of aromatic nitrogens is 3. The van der Waals surface area contributed by atoms with Crippen LogP contribution in [0.1, 0.15) is 28.8 Å². The van der Waals surface area contributed by atoms with Crippen molar-refractivity contribution < 1.29 is 9.53 Å². The molecule has 0 saturated carbocycles. The van der Waals surface area contributed by atoms with Gasteiger partial charge in [0.2, 0.25) is 0 Å². The Morgan fingerprint density at radius 3 is 2.59 bits per heavy atom. The van der Waals surface area contributed by atoms with E-state index < -0.39 is 0 Å². The molecule has 1 saturated heterocycles. The molecule has 3 aromatic carbocycles. The fourth-order valence-electron chi connectivity index (χ4n) is 5.13. The van der Waals surface area contributed by atoms with Crippen LogP contribution in [0.25, 0.3) is 22.2 Å². The number of ether oxygens (including phenoxy) is 1. The van der Waals surface area contributed by atoms with Gasteiger partial charge < -0.3 is 19.5 Å². The van der Waals surface area contributed by atoms with Gasteiger partial charge in [-0.2, -0.15) is 5.10 Å². The topological polar surface area (TPSA) is 75.2 Å². The molecule has 0 aliphatic carbocycles. The minimum atomic E-state index is -0.195. The normalized spacial score (nSPS) is 14.5. The van der Waals surface area contributed by atoms with Crippen LogP contribution in [0.5, 0.6) is 5.75 Å². The zero-order valence-corrected chi connectivity index (χ0v) is 22.1. The molecule has 39 heavy (non-hydrogen) atoms. The van der Waals surface area contributed by atoms with E-state index in [1.165, 1.54) is 10.9 Å². The third-order valence-corrected chi connectivity index (χ3v) is 7.53. The van der Waals surface area contributed by atoms with E-state index in [9.17, 15) is 4.79 Å². The number of carbonyl (C=O) groups is 1. The maximum atomic E-state index is 12.9. The first-order valence-corrected chi connectivity index (χ1v) is 13.5. The molecule has 0 unspecified atom stereocenters. The van der Waals surface area contributed by atoms with Gasteiger partial charge in [-0.15, -0.1) is 0 Å². The summed E-state index contributed by atoms with van der Waals surface area (Å²) in [5.74, 6) is 1.74. The maximum absolute atomic E-state index is 12.9. The van der Waals surface area contributed by atoms with Crippen LogP contribution in [0, 0.1) is 5.92 Å². The standard InChI is InChI=1S/C32H33N5O2/c1-36-16-13-24(14-17-36)22-39-28-11-9-26(10-12-28)32(38)33-31-20-29(34-35-31)27-8-7-25-15-18-37(30(25)19-27)21-23-5-3-2-4-6-23/h2-12,15,18-20,24H,13-14,16-17,21-22H2,1H3,(H2,33,34,35,38). The number of anilines is 1. The predicted molar refractivity (Wildman–Crippen MR) is 155 cm³/mol. The van der Waals surface area contributed by atoms with Crippen LogP contribution < -0.4 is 10.1 Å². The number of fused-ring (bicyclic) bond motifs is 1. The van der Waals surface area contributed by atoms with Crippen LogP contribution in [-0.2, 0) is 6.54 Å². The lowest BCUT2D eigenvalue weighted by Gasteiger charge is -2.28. The lowest BCUT2D eigenvalue weighted by molar-refractivity contribution is 0.102. The van der Waals surface area contributed by atoms with E-state index >= 15 is 0 Å². The molecule has 7 nitrogen and oxygen atoms in total. The molecule has 2 aromatic heterocycles. The fourth-order valence-corrected chi connectivity index (χ4v) is 5.13. The second-order valence-corrected chi connectivity index (χ2v) is 10.4. The highest BCUT2D eigenvalue weighted by molar-refractivity contribution is 6.04. The van der Waals surface area contributed by atoms with Gasteiger partial charge in [-0.25, -0.2) is 0 Å². The second kappa shape index (κ2) is 11.2. The molecule has 1 amide bonds. The highest BCUT2D eigenvalue weighted by Gasteiger charge is 2.17. The van der Waals surface area contributed by atoms with Crippen molar-refractivity contribution in [1.82, 2.24) is 19.7 Å². The first-order valence-electron chi connectivity index (χ1n) is 13.5. The van der Waals surface area contributed by atoms with Crippen molar-refractivity contribution >= 4 is 22.6 Å². The molecule has 1 aliphatic rings. The summed E-state index contributed by atoms with van der Waals surface area (Å²) in [6, 6.07) is 28.0. The maximum Gasteiger partial charge on any atom is 0.256 e. The lowest BCUT2D eigenvalue weighted by Crippen LogP contribution is -2.32. The number of hydrogen-bond donors (Lipinski definition) is 2. The number of benzene rings is 3. The van der Waals surface area contributed by atoms with Crippen molar-refractivity contribution in [2.75, 3.05) is 32.1 Å².